The van der Waals surface area contributed by atoms with E-state index in [9.17, 15) is 9.59 Å². The molecule has 1 aromatic heterocycles. The van der Waals surface area contributed by atoms with Gasteiger partial charge in [0.15, 0.2) is 0 Å². The number of aryl methyl sites for hydroxylation is 1. The van der Waals surface area contributed by atoms with Crippen LogP contribution in [0, 0.1) is 6.92 Å². The van der Waals surface area contributed by atoms with Gasteiger partial charge < -0.3 is 14.8 Å². The number of benzene rings is 1. The van der Waals surface area contributed by atoms with Crippen molar-refractivity contribution in [1.82, 2.24) is 0 Å². The maximum absolute atomic E-state index is 12.4. The van der Waals surface area contributed by atoms with Crippen molar-refractivity contribution in [2.24, 2.45) is 0 Å². The number of ether oxygens (including phenoxy) is 2. The number of esters is 1. The number of rotatable bonds is 4. The fraction of sp³-hybridized carbons (Fsp3) is 0.333. The molecule has 0 saturated carbocycles. The first kappa shape index (κ1) is 17.9. The lowest BCUT2D eigenvalue weighted by atomic mass is 10.0. The molecule has 1 atom stereocenters. The molecule has 0 bridgehead atoms. The Kier molecular flexibility index (Phi) is 5.42. The standard InChI is InChI=1S/C18H18ClNO4S/c1-10-14(11-5-3-6-12(19)9-11)15(18(22)23-2)17(25-10)20-16(21)13-7-4-8-24-13/h3,5-6,9,13H,4,7-8H2,1-2H3,(H,20,21)/t13-/m0/s1. The van der Waals surface area contributed by atoms with Gasteiger partial charge in [0.1, 0.15) is 16.7 Å². The maximum atomic E-state index is 12.4. The molecule has 7 heteroatoms. The van der Waals surface area contributed by atoms with E-state index in [-0.39, 0.29) is 5.91 Å². The summed E-state index contributed by atoms with van der Waals surface area (Å²) in [5, 5.41) is 3.88. The van der Waals surface area contributed by atoms with Crippen LogP contribution in [-0.2, 0) is 14.3 Å². The third kappa shape index (κ3) is 3.71. The number of nitrogens with one attached hydrogen (secondary N) is 1. The highest BCUT2D eigenvalue weighted by atomic mass is 35.5. The predicted octanol–water partition coefficient (Wildman–Crippen LogP) is 4.28. The summed E-state index contributed by atoms with van der Waals surface area (Å²) in [7, 11) is 1.32. The van der Waals surface area contributed by atoms with Crippen molar-refractivity contribution in [2.45, 2.75) is 25.9 Å². The van der Waals surface area contributed by atoms with Crippen LogP contribution < -0.4 is 5.32 Å². The van der Waals surface area contributed by atoms with E-state index >= 15 is 0 Å². The van der Waals surface area contributed by atoms with Gasteiger partial charge in [-0.3, -0.25) is 4.79 Å². The lowest BCUT2D eigenvalue weighted by Crippen LogP contribution is -2.27. The lowest BCUT2D eigenvalue weighted by molar-refractivity contribution is -0.124. The first-order valence-electron chi connectivity index (χ1n) is 7.91. The van der Waals surface area contributed by atoms with Crippen LogP contribution in [-0.4, -0.2) is 31.7 Å². The van der Waals surface area contributed by atoms with Crippen LogP contribution in [0.1, 0.15) is 28.1 Å². The van der Waals surface area contributed by atoms with Gasteiger partial charge in [0.2, 0.25) is 0 Å². The van der Waals surface area contributed by atoms with E-state index in [4.69, 9.17) is 21.1 Å². The van der Waals surface area contributed by atoms with Gasteiger partial charge >= 0.3 is 5.97 Å². The lowest BCUT2D eigenvalue weighted by Gasteiger charge is -2.11. The van der Waals surface area contributed by atoms with E-state index < -0.39 is 12.1 Å². The molecule has 2 heterocycles. The Labute approximate surface area is 154 Å². The van der Waals surface area contributed by atoms with Crippen LogP contribution in [0.15, 0.2) is 24.3 Å². The van der Waals surface area contributed by atoms with Gasteiger partial charge in [-0.05, 0) is 37.5 Å². The minimum atomic E-state index is -0.498. The van der Waals surface area contributed by atoms with Crippen molar-refractivity contribution in [3.8, 4) is 11.1 Å². The Morgan fingerprint density at radius 3 is 2.84 bits per heavy atom. The monoisotopic (exact) mass is 379 g/mol. The van der Waals surface area contributed by atoms with Gasteiger partial charge in [0, 0.05) is 22.1 Å². The molecule has 1 aromatic carbocycles. The van der Waals surface area contributed by atoms with Crippen LogP contribution in [0.5, 0.6) is 0 Å². The van der Waals surface area contributed by atoms with Crippen LogP contribution in [0.2, 0.25) is 5.02 Å². The SMILES string of the molecule is COC(=O)c1c(NC(=O)[C@@H]2CCCO2)sc(C)c1-c1cccc(Cl)c1. The summed E-state index contributed by atoms with van der Waals surface area (Å²) < 4.78 is 10.4. The Morgan fingerprint density at radius 1 is 1.40 bits per heavy atom. The van der Waals surface area contributed by atoms with Crippen LogP contribution in [0.3, 0.4) is 0 Å². The van der Waals surface area contributed by atoms with Crippen molar-refractivity contribution in [2.75, 3.05) is 19.0 Å². The van der Waals surface area contributed by atoms with Crippen molar-refractivity contribution in [3.63, 3.8) is 0 Å². The molecule has 1 aliphatic heterocycles. The second-order valence-electron chi connectivity index (χ2n) is 5.73. The Morgan fingerprint density at radius 2 is 2.20 bits per heavy atom. The van der Waals surface area contributed by atoms with Gasteiger partial charge in [-0.2, -0.15) is 0 Å². The molecule has 2 aromatic rings. The van der Waals surface area contributed by atoms with E-state index in [0.717, 1.165) is 22.4 Å². The van der Waals surface area contributed by atoms with Gasteiger partial charge in [-0.25, -0.2) is 4.79 Å². The number of hydrogen-bond acceptors (Lipinski definition) is 5. The Hall–Kier alpha value is -1.89. The number of anilines is 1. The van der Waals surface area contributed by atoms with Crippen LogP contribution >= 0.6 is 22.9 Å². The number of amides is 1. The van der Waals surface area contributed by atoms with Gasteiger partial charge in [-0.1, -0.05) is 23.7 Å². The number of halogens is 1. The second kappa shape index (κ2) is 7.56. The summed E-state index contributed by atoms with van der Waals surface area (Å²) in [6.07, 6.45) is 1.08. The highest BCUT2D eigenvalue weighted by Crippen LogP contribution is 2.41. The highest BCUT2D eigenvalue weighted by molar-refractivity contribution is 7.17. The molecule has 3 rings (SSSR count). The zero-order valence-corrected chi connectivity index (χ0v) is 15.5. The van der Waals surface area contributed by atoms with Crippen LogP contribution in [0.4, 0.5) is 5.00 Å². The van der Waals surface area contributed by atoms with Crippen LogP contribution in [0.25, 0.3) is 11.1 Å². The normalized spacial score (nSPS) is 16.7. The summed E-state index contributed by atoms with van der Waals surface area (Å²) in [6, 6.07) is 7.25. The van der Waals surface area contributed by atoms with E-state index in [1.165, 1.54) is 18.4 Å². The summed E-state index contributed by atoms with van der Waals surface area (Å²) in [5.41, 5.74) is 1.87. The smallest absolute Gasteiger partial charge is 0.341 e. The largest absolute Gasteiger partial charge is 0.465 e. The van der Waals surface area contributed by atoms with E-state index in [2.05, 4.69) is 5.32 Å². The fourth-order valence-electron chi connectivity index (χ4n) is 2.90. The summed E-state index contributed by atoms with van der Waals surface area (Å²) in [6.45, 7) is 2.48. The molecule has 1 fully saturated rings. The van der Waals surface area contributed by atoms with E-state index in [0.29, 0.717) is 28.6 Å². The Bertz CT molecular complexity index is 811. The molecular formula is C18H18ClNO4S. The van der Waals surface area contributed by atoms with Gasteiger partial charge in [-0.15, -0.1) is 11.3 Å². The predicted molar refractivity (Wildman–Crippen MR) is 98.4 cm³/mol. The third-order valence-corrected chi connectivity index (χ3v) is 5.30. The number of methoxy groups -OCH3 is 1. The second-order valence-corrected chi connectivity index (χ2v) is 7.39. The fourth-order valence-corrected chi connectivity index (χ4v) is 4.16. The van der Waals surface area contributed by atoms with Crippen molar-refractivity contribution in [1.29, 1.82) is 0 Å². The number of carbonyl (C=O) groups is 2. The number of thiophene rings is 1. The minimum absolute atomic E-state index is 0.235. The summed E-state index contributed by atoms with van der Waals surface area (Å²) >= 11 is 7.43. The van der Waals surface area contributed by atoms with Crippen molar-refractivity contribution >= 4 is 39.8 Å². The zero-order valence-electron chi connectivity index (χ0n) is 13.9. The molecule has 0 unspecified atom stereocenters. The molecule has 25 heavy (non-hydrogen) atoms. The van der Waals surface area contributed by atoms with Crippen molar-refractivity contribution in [3.05, 3.63) is 39.7 Å². The molecule has 132 valence electrons. The molecule has 5 nitrogen and oxygen atoms in total. The third-order valence-electron chi connectivity index (χ3n) is 4.05. The minimum Gasteiger partial charge on any atom is -0.465 e. The summed E-state index contributed by atoms with van der Waals surface area (Å²) in [5.74, 6) is -0.733. The molecule has 0 radical (unpaired) electrons. The molecule has 1 aliphatic rings. The van der Waals surface area contributed by atoms with E-state index in [1.54, 1.807) is 12.1 Å². The van der Waals surface area contributed by atoms with Gasteiger partial charge in [0.25, 0.3) is 5.91 Å². The first-order chi connectivity index (χ1) is 12.0. The van der Waals surface area contributed by atoms with Gasteiger partial charge in [0.05, 0.1) is 7.11 Å². The summed E-state index contributed by atoms with van der Waals surface area (Å²) in [4.78, 5) is 25.7. The highest BCUT2D eigenvalue weighted by Gasteiger charge is 2.29. The first-order valence-corrected chi connectivity index (χ1v) is 9.10. The van der Waals surface area contributed by atoms with Crippen molar-refractivity contribution < 1.29 is 19.1 Å². The molecule has 0 spiro atoms. The average Bonchev–Trinajstić information content (AvgIpc) is 3.22. The maximum Gasteiger partial charge on any atom is 0.341 e. The Balaban J connectivity index is 2.02. The molecular weight excluding hydrogens is 362 g/mol. The molecule has 1 amide bonds. The topological polar surface area (TPSA) is 64.6 Å². The number of hydrogen-bond donors (Lipinski definition) is 1. The number of carbonyl (C=O) groups excluding carboxylic acids is 2. The zero-order chi connectivity index (χ0) is 18.0. The average molecular weight is 380 g/mol. The molecule has 1 N–H and O–H groups in total. The quantitative estimate of drug-likeness (QED) is 0.805. The van der Waals surface area contributed by atoms with E-state index in [1.807, 2.05) is 19.1 Å². The molecule has 0 aliphatic carbocycles. The molecule has 1 saturated heterocycles.